The van der Waals surface area contributed by atoms with E-state index >= 15 is 0 Å². The van der Waals surface area contributed by atoms with Crippen molar-refractivity contribution in [2.24, 2.45) is 0 Å². The molecule has 0 saturated carbocycles. The number of benzene rings is 3. The minimum absolute atomic E-state index is 0.0810. The topological polar surface area (TPSA) is 51.2 Å². The summed E-state index contributed by atoms with van der Waals surface area (Å²) in [7, 11) is 0. The molecule has 0 aliphatic carbocycles. The summed E-state index contributed by atoms with van der Waals surface area (Å²) in [5.41, 5.74) is 6.37. The number of hydrogen-bond acceptors (Lipinski definition) is 4. The SMILES string of the molecule is Cc1ccc(-c2csc(NC(=O)COc3ccccc3-c3ccccc3)n2)cc1C. The van der Waals surface area contributed by atoms with Crippen molar-refractivity contribution in [3.8, 4) is 28.1 Å². The molecular formula is C25H22N2O2S. The third kappa shape index (κ3) is 4.58. The lowest BCUT2D eigenvalue weighted by atomic mass is 10.1. The molecule has 150 valence electrons. The summed E-state index contributed by atoms with van der Waals surface area (Å²) in [5, 5.41) is 5.34. The van der Waals surface area contributed by atoms with Gasteiger partial charge in [0, 0.05) is 16.5 Å². The first-order chi connectivity index (χ1) is 14.6. The number of amides is 1. The predicted molar refractivity (Wildman–Crippen MR) is 123 cm³/mol. The molecule has 1 heterocycles. The van der Waals surface area contributed by atoms with E-state index in [0.717, 1.165) is 22.4 Å². The van der Waals surface area contributed by atoms with Gasteiger partial charge in [-0.05, 0) is 42.7 Å². The molecule has 0 saturated heterocycles. The molecule has 1 amide bonds. The van der Waals surface area contributed by atoms with Gasteiger partial charge in [-0.3, -0.25) is 10.1 Å². The lowest BCUT2D eigenvalue weighted by Crippen LogP contribution is -2.20. The molecule has 5 heteroatoms. The van der Waals surface area contributed by atoms with Gasteiger partial charge in [0.2, 0.25) is 0 Å². The second-order valence-corrected chi connectivity index (χ2v) is 7.89. The lowest BCUT2D eigenvalue weighted by Gasteiger charge is -2.11. The Morgan fingerprint density at radius 2 is 1.70 bits per heavy atom. The van der Waals surface area contributed by atoms with Gasteiger partial charge in [-0.15, -0.1) is 11.3 Å². The van der Waals surface area contributed by atoms with Crippen LogP contribution in [0.15, 0.2) is 78.2 Å². The summed E-state index contributed by atoms with van der Waals surface area (Å²) in [4.78, 5) is 17.0. The highest BCUT2D eigenvalue weighted by molar-refractivity contribution is 7.14. The maximum Gasteiger partial charge on any atom is 0.264 e. The molecular weight excluding hydrogens is 392 g/mol. The second-order valence-electron chi connectivity index (χ2n) is 7.04. The summed E-state index contributed by atoms with van der Waals surface area (Å²) < 4.78 is 5.81. The molecule has 30 heavy (non-hydrogen) atoms. The predicted octanol–water partition coefficient (Wildman–Crippen LogP) is 6.11. The van der Waals surface area contributed by atoms with Crippen LogP contribution in [0, 0.1) is 13.8 Å². The van der Waals surface area contributed by atoms with E-state index in [1.54, 1.807) is 0 Å². The van der Waals surface area contributed by atoms with Crippen molar-refractivity contribution in [3.63, 3.8) is 0 Å². The summed E-state index contributed by atoms with van der Waals surface area (Å²) in [5.74, 6) is 0.438. The van der Waals surface area contributed by atoms with Crippen molar-refractivity contribution in [2.75, 3.05) is 11.9 Å². The van der Waals surface area contributed by atoms with Gasteiger partial charge in [-0.1, -0.05) is 60.7 Å². The van der Waals surface area contributed by atoms with E-state index in [1.807, 2.05) is 66.0 Å². The number of nitrogens with one attached hydrogen (secondary N) is 1. The van der Waals surface area contributed by atoms with Gasteiger partial charge < -0.3 is 4.74 Å². The van der Waals surface area contributed by atoms with E-state index in [2.05, 4.69) is 36.3 Å². The number of aromatic nitrogens is 1. The highest BCUT2D eigenvalue weighted by Gasteiger charge is 2.11. The highest BCUT2D eigenvalue weighted by atomic mass is 32.1. The Hall–Kier alpha value is -3.44. The maximum atomic E-state index is 12.4. The smallest absolute Gasteiger partial charge is 0.264 e. The first-order valence-electron chi connectivity index (χ1n) is 9.70. The molecule has 0 radical (unpaired) electrons. The van der Waals surface area contributed by atoms with Crippen molar-refractivity contribution in [1.82, 2.24) is 4.98 Å². The minimum Gasteiger partial charge on any atom is -0.483 e. The van der Waals surface area contributed by atoms with Crippen molar-refractivity contribution >= 4 is 22.4 Å². The number of nitrogens with zero attached hydrogens (tertiary/aromatic N) is 1. The Morgan fingerprint density at radius 3 is 2.50 bits per heavy atom. The van der Waals surface area contributed by atoms with Gasteiger partial charge in [0.1, 0.15) is 5.75 Å². The maximum absolute atomic E-state index is 12.4. The van der Waals surface area contributed by atoms with Crippen LogP contribution in [0.2, 0.25) is 0 Å². The fourth-order valence-corrected chi connectivity index (χ4v) is 3.85. The quantitative estimate of drug-likeness (QED) is 0.414. The van der Waals surface area contributed by atoms with Crippen molar-refractivity contribution in [1.29, 1.82) is 0 Å². The number of carbonyl (C=O) groups excluding carboxylic acids is 1. The van der Waals surface area contributed by atoms with E-state index in [0.29, 0.717) is 10.9 Å². The number of anilines is 1. The Bertz CT molecular complexity index is 1170. The Labute approximate surface area is 180 Å². The van der Waals surface area contributed by atoms with Crippen LogP contribution < -0.4 is 10.1 Å². The molecule has 0 unspecified atom stereocenters. The molecule has 1 aromatic heterocycles. The molecule has 4 nitrogen and oxygen atoms in total. The number of aryl methyl sites for hydroxylation is 2. The number of rotatable bonds is 6. The average molecular weight is 415 g/mol. The Kier molecular flexibility index (Phi) is 5.91. The normalized spacial score (nSPS) is 10.6. The van der Waals surface area contributed by atoms with Crippen LogP contribution in [0.1, 0.15) is 11.1 Å². The van der Waals surface area contributed by atoms with Crippen LogP contribution in [0.4, 0.5) is 5.13 Å². The first-order valence-corrected chi connectivity index (χ1v) is 10.6. The van der Waals surface area contributed by atoms with Crippen molar-refractivity contribution in [2.45, 2.75) is 13.8 Å². The van der Waals surface area contributed by atoms with Crippen LogP contribution >= 0.6 is 11.3 Å². The van der Waals surface area contributed by atoms with Gasteiger partial charge in [-0.25, -0.2) is 4.98 Å². The second kappa shape index (κ2) is 8.93. The Balaban J connectivity index is 1.41. The molecule has 0 atom stereocenters. The van der Waals surface area contributed by atoms with Crippen molar-refractivity contribution in [3.05, 3.63) is 89.3 Å². The Morgan fingerprint density at radius 1 is 0.933 bits per heavy atom. The zero-order chi connectivity index (χ0) is 20.9. The average Bonchev–Trinajstić information content (AvgIpc) is 3.23. The third-order valence-electron chi connectivity index (χ3n) is 4.88. The molecule has 0 spiro atoms. The van der Waals surface area contributed by atoms with Crippen LogP contribution in [-0.2, 0) is 4.79 Å². The molecule has 4 aromatic rings. The van der Waals surface area contributed by atoms with E-state index in [4.69, 9.17) is 4.74 Å². The number of carbonyl (C=O) groups is 1. The largest absolute Gasteiger partial charge is 0.483 e. The number of ether oxygens (including phenoxy) is 1. The van der Waals surface area contributed by atoms with Gasteiger partial charge in [0.05, 0.1) is 5.69 Å². The van der Waals surface area contributed by atoms with Gasteiger partial charge in [0.15, 0.2) is 11.7 Å². The fraction of sp³-hybridized carbons (Fsp3) is 0.120. The summed E-state index contributed by atoms with van der Waals surface area (Å²) in [6, 6.07) is 23.9. The van der Waals surface area contributed by atoms with Gasteiger partial charge >= 0.3 is 0 Å². The molecule has 1 N–H and O–H groups in total. The molecule has 0 aliphatic rings. The van der Waals surface area contributed by atoms with Gasteiger partial charge in [-0.2, -0.15) is 0 Å². The third-order valence-corrected chi connectivity index (χ3v) is 5.64. The fourth-order valence-electron chi connectivity index (χ4n) is 3.11. The standard InChI is InChI=1S/C25H22N2O2S/c1-17-12-13-20(14-18(17)2)22-16-30-25(26-22)27-24(28)15-29-23-11-7-6-10-21(23)19-8-4-3-5-9-19/h3-14,16H,15H2,1-2H3,(H,26,27,28). The zero-order valence-electron chi connectivity index (χ0n) is 16.9. The monoisotopic (exact) mass is 414 g/mol. The molecule has 0 bridgehead atoms. The summed E-state index contributed by atoms with van der Waals surface area (Å²) >= 11 is 1.41. The van der Waals surface area contributed by atoms with Gasteiger partial charge in [0.25, 0.3) is 5.91 Å². The molecule has 0 aliphatic heterocycles. The number of thiazole rings is 1. The molecule has 0 fully saturated rings. The zero-order valence-corrected chi connectivity index (χ0v) is 17.7. The molecule has 3 aromatic carbocycles. The summed E-state index contributed by atoms with van der Waals surface area (Å²) in [6.07, 6.45) is 0. The highest BCUT2D eigenvalue weighted by Crippen LogP contribution is 2.30. The van der Waals surface area contributed by atoms with E-state index in [-0.39, 0.29) is 12.5 Å². The van der Waals surface area contributed by atoms with Crippen LogP contribution in [0.5, 0.6) is 5.75 Å². The minimum atomic E-state index is -0.237. The van der Waals surface area contributed by atoms with Crippen LogP contribution in [0.3, 0.4) is 0 Å². The molecule has 4 rings (SSSR count). The first kappa shape index (κ1) is 19.9. The lowest BCUT2D eigenvalue weighted by molar-refractivity contribution is -0.118. The number of hydrogen-bond donors (Lipinski definition) is 1. The van der Waals surface area contributed by atoms with Crippen LogP contribution in [-0.4, -0.2) is 17.5 Å². The van der Waals surface area contributed by atoms with E-state index in [9.17, 15) is 4.79 Å². The number of para-hydroxylation sites is 1. The van der Waals surface area contributed by atoms with E-state index in [1.165, 1.54) is 22.5 Å². The van der Waals surface area contributed by atoms with E-state index < -0.39 is 0 Å². The van der Waals surface area contributed by atoms with Crippen molar-refractivity contribution < 1.29 is 9.53 Å². The van der Waals surface area contributed by atoms with Crippen LogP contribution in [0.25, 0.3) is 22.4 Å². The summed E-state index contributed by atoms with van der Waals surface area (Å²) in [6.45, 7) is 4.09.